The highest BCUT2D eigenvalue weighted by Crippen LogP contribution is 2.19. The number of carbonyl (C=O) groups excluding carboxylic acids is 2. The highest BCUT2D eigenvalue weighted by molar-refractivity contribution is 5.78. The van der Waals surface area contributed by atoms with Crippen LogP contribution in [0.1, 0.15) is 71.6 Å². The Kier molecular flexibility index (Phi) is 9.11. The molecule has 0 saturated carbocycles. The van der Waals surface area contributed by atoms with E-state index in [0.29, 0.717) is 19.6 Å². The van der Waals surface area contributed by atoms with Crippen molar-refractivity contribution in [2.24, 2.45) is 5.92 Å². The van der Waals surface area contributed by atoms with Gasteiger partial charge in [-0.3, -0.25) is 9.59 Å². The van der Waals surface area contributed by atoms with Gasteiger partial charge in [0.1, 0.15) is 0 Å². The Morgan fingerprint density at radius 1 is 1.10 bits per heavy atom. The predicted molar refractivity (Wildman–Crippen MR) is 83.9 cm³/mol. The molecule has 1 aliphatic rings. The zero-order chi connectivity index (χ0) is 15.5. The number of nitrogens with zero attached hydrogens (tertiary/aromatic N) is 1. The molecule has 0 spiro atoms. The third kappa shape index (κ3) is 6.96. The van der Waals surface area contributed by atoms with Crippen LogP contribution in [0.3, 0.4) is 0 Å². The lowest BCUT2D eigenvalue weighted by Crippen LogP contribution is -2.42. The Morgan fingerprint density at radius 2 is 1.81 bits per heavy atom. The molecule has 1 amide bonds. The summed E-state index contributed by atoms with van der Waals surface area (Å²) >= 11 is 0. The van der Waals surface area contributed by atoms with E-state index in [1.807, 2.05) is 11.8 Å². The van der Waals surface area contributed by atoms with Gasteiger partial charge in [0.15, 0.2) is 0 Å². The molecule has 0 aliphatic carbocycles. The number of unbranched alkanes of at least 4 members (excludes halogenated alkanes) is 5. The van der Waals surface area contributed by atoms with Gasteiger partial charge in [-0.15, -0.1) is 0 Å². The standard InChI is InChI=1S/C17H31NO3/c1-3-5-6-7-8-9-12-16(19)18-13-10-11-15(14-18)17(20)21-4-2/h15H,3-14H2,1-2H3. The van der Waals surface area contributed by atoms with Crippen molar-refractivity contribution < 1.29 is 14.3 Å². The first-order valence-corrected chi connectivity index (χ1v) is 8.63. The van der Waals surface area contributed by atoms with E-state index in [4.69, 9.17) is 4.74 Å². The molecule has 0 radical (unpaired) electrons. The second-order valence-electron chi connectivity index (χ2n) is 5.95. The van der Waals surface area contributed by atoms with Gasteiger partial charge in [-0.1, -0.05) is 39.0 Å². The van der Waals surface area contributed by atoms with Gasteiger partial charge in [-0.05, 0) is 26.2 Å². The summed E-state index contributed by atoms with van der Waals surface area (Å²) in [4.78, 5) is 25.8. The zero-order valence-electron chi connectivity index (χ0n) is 13.7. The van der Waals surface area contributed by atoms with E-state index >= 15 is 0 Å². The van der Waals surface area contributed by atoms with Crippen LogP contribution >= 0.6 is 0 Å². The van der Waals surface area contributed by atoms with Crippen LogP contribution in [0.25, 0.3) is 0 Å². The number of hydrogen-bond acceptors (Lipinski definition) is 3. The molecule has 4 heteroatoms. The summed E-state index contributed by atoms with van der Waals surface area (Å²) in [6.07, 6.45) is 9.55. The topological polar surface area (TPSA) is 46.6 Å². The smallest absolute Gasteiger partial charge is 0.310 e. The molecule has 0 aromatic carbocycles. The van der Waals surface area contributed by atoms with Crippen LogP contribution in [-0.2, 0) is 14.3 Å². The highest BCUT2D eigenvalue weighted by atomic mass is 16.5. The first-order valence-electron chi connectivity index (χ1n) is 8.63. The van der Waals surface area contributed by atoms with Crippen molar-refractivity contribution >= 4 is 11.9 Å². The molecule has 1 saturated heterocycles. The highest BCUT2D eigenvalue weighted by Gasteiger charge is 2.28. The van der Waals surface area contributed by atoms with Crippen LogP contribution in [0.5, 0.6) is 0 Å². The molecule has 0 bridgehead atoms. The molecule has 0 N–H and O–H groups in total. The Balaban J connectivity index is 2.22. The van der Waals surface area contributed by atoms with E-state index in [1.165, 1.54) is 25.7 Å². The number of esters is 1. The normalized spacial score (nSPS) is 18.6. The summed E-state index contributed by atoms with van der Waals surface area (Å²) in [6.45, 7) is 5.79. The molecule has 1 unspecified atom stereocenters. The average molecular weight is 297 g/mol. The lowest BCUT2D eigenvalue weighted by atomic mass is 9.97. The van der Waals surface area contributed by atoms with E-state index < -0.39 is 0 Å². The average Bonchev–Trinajstić information content (AvgIpc) is 2.51. The summed E-state index contributed by atoms with van der Waals surface area (Å²) in [5.74, 6) is -0.0544. The minimum atomic E-state index is -0.144. The molecule has 122 valence electrons. The Bertz CT molecular complexity index is 317. The van der Waals surface area contributed by atoms with Crippen molar-refractivity contribution in [3.8, 4) is 0 Å². The summed E-state index contributed by atoms with van der Waals surface area (Å²) in [6, 6.07) is 0. The van der Waals surface area contributed by atoms with E-state index in [1.54, 1.807) is 0 Å². The van der Waals surface area contributed by atoms with Gasteiger partial charge >= 0.3 is 5.97 Å². The van der Waals surface area contributed by atoms with Crippen molar-refractivity contribution in [3.63, 3.8) is 0 Å². The van der Waals surface area contributed by atoms with Crippen LogP contribution in [0.2, 0.25) is 0 Å². The molecule has 0 aromatic heterocycles. The summed E-state index contributed by atoms with van der Waals surface area (Å²) in [5.41, 5.74) is 0. The van der Waals surface area contributed by atoms with Crippen LogP contribution < -0.4 is 0 Å². The number of ether oxygens (including phenoxy) is 1. The Hall–Kier alpha value is -1.06. The van der Waals surface area contributed by atoms with Crippen LogP contribution in [0.4, 0.5) is 0 Å². The van der Waals surface area contributed by atoms with Gasteiger partial charge in [-0.25, -0.2) is 0 Å². The first kappa shape index (κ1) is 18.0. The minimum Gasteiger partial charge on any atom is -0.466 e. The van der Waals surface area contributed by atoms with Crippen molar-refractivity contribution in [2.45, 2.75) is 71.6 Å². The molecule has 4 nitrogen and oxygen atoms in total. The SMILES string of the molecule is CCCCCCCCC(=O)N1CCCC(C(=O)OCC)C1. The monoisotopic (exact) mass is 297 g/mol. The zero-order valence-corrected chi connectivity index (χ0v) is 13.7. The molecule has 1 fully saturated rings. The first-order chi connectivity index (χ1) is 10.2. The van der Waals surface area contributed by atoms with Gasteiger partial charge in [0.25, 0.3) is 0 Å². The lowest BCUT2D eigenvalue weighted by molar-refractivity contribution is -0.151. The fourth-order valence-corrected chi connectivity index (χ4v) is 2.87. The minimum absolute atomic E-state index is 0.118. The van der Waals surface area contributed by atoms with E-state index in [0.717, 1.165) is 32.2 Å². The van der Waals surface area contributed by atoms with Crippen LogP contribution in [-0.4, -0.2) is 36.5 Å². The van der Waals surface area contributed by atoms with Crippen molar-refractivity contribution in [1.82, 2.24) is 4.90 Å². The Morgan fingerprint density at radius 3 is 2.52 bits per heavy atom. The number of likely N-dealkylation sites (tertiary alicyclic amines) is 1. The molecule has 1 rings (SSSR count). The maximum Gasteiger partial charge on any atom is 0.310 e. The van der Waals surface area contributed by atoms with Gasteiger partial charge < -0.3 is 9.64 Å². The van der Waals surface area contributed by atoms with Crippen LogP contribution in [0.15, 0.2) is 0 Å². The quantitative estimate of drug-likeness (QED) is 0.483. The van der Waals surface area contributed by atoms with E-state index in [2.05, 4.69) is 6.92 Å². The largest absolute Gasteiger partial charge is 0.466 e. The molecule has 1 aliphatic heterocycles. The molecular weight excluding hydrogens is 266 g/mol. The summed E-state index contributed by atoms with van der Waals surface area (Å²) < 4.78 is 5.07. The number of piperidine rings is 1. The fraction of sp³-hybridized carbons (Fsp3) is 0.882. The number of carbonyl (C=O) groups is 2. The van der Waals surface area contributed by atoms with E-state index in [9.17, 15) is 9.59 Å². The number of amides is 1. The van der Waals surface area contributed by atoms with Crippen molar-refractivity contribution in [2.75, 3.05) is 19.7 Å². The van der Waals surface area contributed by atoms with Crippen LogP contribution in [0, 0.1) is 5.92 Å². The lowest BCUT2D eigenvalue weighted by Gasteiger charge is -2.31. The van der Waals surface area contributed by atoms with Crippen molar-refractivity contribution in [1.29, 1.82) is 0 Å². The summed E-state index contributed by atoms with van der Waals surface area (Å²) in [7, 11) is 0. The third-order valence-electron chi connectivity index (χ3n) is 4.14. The Labute approximate surface area is 129 Å². The maximum atomic E-state index is 12.2. The molecule has 1 heterocycles. The molecule has 0 aromatic rings. The number of rotatable bonds is 9. The van der Waals surface area contributed by atoms with Gasteiger partial charge in [0.2, 0.25) is 5.91 Å². The second-order valence-corrected chi connectivity index (χ2v) is 5.95. The second kappa shape index (κ2) is 10.6. The summed E-state index contributed by atoms with van der Waals surface area (Å²) in [5, 5.41) is 0. The third-order valence-corrected chi connectivity index (χ3v) is 4.14. The maximum absolute atomic E-state index is 12.2. The molecule has 1 atom stereocenters. The predicted octanol–water partition coefficient (Wildman–Crippen LogP) is 3.54. The van der Waals surface area contributed by atoms with Crippen molar-refractivity contribution in [3.05, 3.63) is 0 Å². The van der Waals surface area contributed by atoms with E-state index in [-0.39, 0.29) is 17.8 Å². The molecular formula is C17H31NO3. The fourth-order valence-electron chi connectivity index (χ4n) is 2.87. The number of hydrogen-bond donors (Lipinski definition) is 0. The van der Waals surface area contributed by atoms with Gasteiger partial charge in [0.05, 0.1) is 12.5 Å². The van der Waals surface area contributed by atoms with Gasteiger partial charge in [0, 0.05) is 19.5 Å². The molecule has 21 heavy (non-hydrogen) atoms. The van der Waals surface area contributed by atoms with Gasteiger partial charge in [-0.2, -0.15) is 0 Å².